The number of thioether (sulfide) groups is 2. The zero-order chi connectivity index (χ0) is 13.7. The van der Waals surface area contributed by atoms with E-state index in [1.54, 1.807) is 7.11 Å². The van der Waals surface area contributed by atoms with E-state index in [2.05, 4.69) is 42.6 Å². The predicted octanol–water partition coefficient (Wildman–Crippen LogP) is 3.19. The van der Waals surface area contributed by atoms with Gasteiger partial charge in [0.25, 0.3) is 0 Å². The van der Waals surface area contributed by atoms with Gasteiger partial charge in [0.05, 0.1) is 7.11 Å². The summed E-state index contributed by atoms with van der Waals surface area (Å²) < 4.78 is 5.42. The minimum Gasteiger partial charge on any atom is -0.496 e. The zero-order valence-electron chi connectivity index (χ0n) is 11.7. The van der Waals surface area contributed by atoms with Crippen LogP contribution in [0.25, 0.3) is 0 Å². The highest BCUT2D eigenvalue weighted by Crippen LogP contribution is 2.35. The largest absolute Gasteiger partial charge is 0.496 e. The van der Waals surface area contributed by atoms with Crippen molar-refractivity contribution in [3.8, 4) is 5.75 Å². The molecule has 1 saturated heterocycles. The van der Waals surface area contributed by atoms with E-state index in [9.17, 15) is 0 Å². The molecule has 0 radical (unpaired) electrons. The number of para-hydroxylation sites is 1. The van der Waals surface area contributed by atoms with Gasteiger partial charge in [0.15, 0.2) is 0 Å². The summed E-state index contributed by atoms with van der Waals surface area (Å²) in [5.74, 6) is 3.45. The van der Waals surface area contributed by atoms with Crippen molar-refractivity contribution in [2.45, 2.75) is 36.3 Å². The number of ether oxygens (including phenoxy) is 1. The molecule has 0 bridgehead atoms. The molecule has 2 nitrogen and oxygen atoms in total. The molecule has 4 heteroatoms. The average Bonchev–Trinajstić information content (AvgIpc) is 2.47. The molecule has 1 aliphatic rings. The monoisotopic (exact) mass is 297 g/mol. The second-order valence-corrected chi connectivity index (χ2v) is 7.47. The van der Waals surface area contributed by atoms with Crippen LogP contribution < -0.4 is 10.5 Å². The van der Waals surface area contributed by atoms with Crippen molar-refractivity contribution in [3.05, 3.63) is 29.8 Å². The second-order valence-electron chi connectivity index (χ2n) is 4.83. The van der Waals surface area contributed by atoms with E-state index in [1.807, 2.05) is 12.1 Å². The zero-order valence-corrected chi connectivity index (χ0v) is 13.3. The van der Waals surface area contributed by atoms with Crippen LogP contribution in [-0.4, -0.2) is 35.2 Å². The molecule has 0 saturated carbocycles. The van der Waals surface area contributed by atoms with Crippen LogP contribution in [0.1, 0.15) is 18.9 Å². The summed E-state index contributed by atoms with van der Waals surface area (Å²) in [7, 11) is 1.73. The Morgan fingerprint density at radius 1 is 1.32 bits per heavy atom. The Balaban J connectivity index is 2.05. The van der Waals surface area contributed by atoms with Gasteiger partial charge in [-0.3, -0.25) is 0 Å². The smallest absolute Gasteiger partial charge is 0.122 e. The van der Waals surface area contributed by atoms with Crippen molar-refractivity contribution in [3.63, 3.8) is 0 Å². The molecule has 0 spiro atoms. The van der Waals surface area contributed by atoms with Crippen molar-refractivity contribution in [2.24, 2.45) is 5.73 Å². The second kappa shape index (κ2) is 7.46. The summed E-state index contributed by atoms with van der Waals surface area (Å²) in [6.07, 6.45) is 2.11. The van der Waals surface area contributed by atoms with Crippen LogP contribution in [0.3, 0.4) is 0 Å². The van der Waals surface area contributed by atoms with Crippen molar-refractivity contribution in [2.75, 3.05) is 18.6 Å². The third-order valence-corrected chi connectivity index (χ3v) is 6.99. The molecule has 2 N–H and O–H groups in total. The lowest BCUT2D eigenvalue weighted by atomic mass is 10.0. The third kappa shape index (κ3) is 3.83. The number of methoxy groups -OCH3 is 1. The summed E-state index contributed by atoms with van der Waals surface area (Å²) in [6.45, 7) is 2.27. The van der Waals surface area contributed by atoms with Crippen LogP contribution >= 0.6 is 23.5 Å². The van der Waals surface area contributed by atoms with Crippen LogP contribution in [0.2, 0.25) is 0 Å². The first-order chi connectivity index (χ1) is 9.26. The molecule has 0 aliphatic carbocycles. The summed E-state index contributed by atoms with van der Waals surface area (Å²) in [6, 6.07) is 8.42. The van der Waals surface area contributed by atoms with E-state index >= 15 is 0 Å². The molecule has 1 fully saturated rings. The first-order valence-corrected chi connectivity index (χ1v) is 8.96. The fraction of sp³-hybridized carbons (Fsp3) is 0.600. The van der Waals surface area contributed by atoms with Gasteiger partial charge in [-0.2, -0.15) is 23.5 Å². The lowest BCUT2D eigenvalue weighted by Crippen LogP contribution is -2.43. The van der Waals surface area contributed by atoms with Gasteiger partial charge >= 0.3 is 0 Å². The minimum absolute atomic E-state index is 0.207. The predicted molar refractivity (Wildman–Crippen MR) is 87.5 cm³/mol. The SMILES string of the molecule is CCC1SCCSC1C(N)Cc1ccccc1OC. The van der Waals surface area contributed by atoms with E-state index in [1.165, 1.54) is 23.5 Å². The van der Waals surface area contributed by atoms with Gasteiger partial charge in [-0.15, -0.1) is 0 Å². The molecular weight excluding hydrogens is 274 g/mol. The maximum absolute atomic E-state index is 6.48. The fourth-order valence-electron chi connectivity index (χ4n) is 2.58. The molecular formula is C15H23NOS2. The standard InChI is InChI=1S/C15H23NOS2/c1-3-14-15(19-9-8-18-14)12(16)10-11-6-4-5-7-13(11)17-2/h4-7,12,14-15H,3,8-10,16H2,1-2H3. The number of hydrogen-bond acceptors (Lipinski definition) is 4. The van der Waals surface area contributed by atoms with Crippen LogP contribution in [0.15, 0.2) is 24.3 Å². The fourth-order valence-corrected chi connectivity index (χ4v) is 5.77. The molecule has 1 aliphatic heterocycles. The van der Waals surface area contributed by atoms with Crippen molar-refractivity contribution < 1.29 is 4.74 Å². The Kier molecular flexibility index (Phi) is 5.92. The molecule has 3 atom stereocenters. The molecule has 19 heavy (non-hydrogen) atoms. The van der Waals surface area contributed by atoms with Gasteiger partial charge in [0.2, 0.25) is 0 Å². The molecule has 2 rings (SSSR count). The minimum atomic E-state index is 0.207. The first-order valence-electron chi connectivity index (χ1n) is 6.87. The molecule has 1 aromatic carbocycles. The Bertz CT molecular complexity index is 399. The van der Waals surface area contributed by atoms with Crippen LogP contribution in [0.5, 0.6) is 5.75 Å². The van der Waals surface area contributed by atoms with Crippen molar-refractivity contribution in [1.29, 1.82) is 0 Å². The summed E-state index contributed by atoms with van der Waals surface area (Å²) in [5.41, 5.74) is 7.71. The normalized spacial score (nSPS) is 25.0. The maximum atomic E-state index is 6.48. The number of nitrogens with two attached hydrogens (primary N) is 1. The van der Waals surface area contributed by atoms with Crippen molar-refractivity contribution >= 4 is 23.5 Å². The van der Waals surface area contributed by atoms with Gasteiger partial charge < -0.3 is 10.5 Å². The van der Waals surface area contributed by atoms with Crippen LogP contribution in [-0.2, 0) is 6.42 Å². The van der Waals surface area contributed by atoms with Gasteiger partial charge in [-0.25, -0.2) is 0 Å². The average molecular weight is 297 g/mol. The quantitative estimate of drug-likeness (QED) is 0.905. The highest BCUT2D eigenvalue weighted by molar-refractivity contribution is 8.07. The third-order valence-electron chi connectivity index (χ3n) is 3.56. The van der Waals surface area contributed by atoms with Gasteiger partial charge in [-0.1, -0.05) is 25.1 Å². The van der Waals surface area contributed by atoms with E-state index in [4.69, 9.17) is 10.5 Å². The Labute approximate surface area is 124 Å². The molecule has 1 aromatic rings. The Morgan fingerprint density at radius 3 is 2.79 bits per heavy atom. The number of benzene rings is 1. The van der Waals surface area contributed by atoms with Gasteiger partial charge in [-0.05, 0) is 24.5 Å². The summed E-state index contributed by atoms with van der Waals surface area (Å²) in [4.78, 5) is 0. The van der Waals surface area contributed by atoms with Gasteiger partial charge in [0.1, 0.15) is 5.75 Å². The number of rotatable bonds is 5. The van der Waals surface area contributed by atoms with Crippen LogP contribution in [0, 0.1) is 0 Å². The van der Waals surface area contributed by atoms with E-state index in [0.29, 0.717) is 10.5 Å². The molecule has 3 unspecified atom stereocenters. The van der Waals surface area contributed by atoms with Gasteiger partial charge in [0, 0.05) is 28.0 Å². The van der Waals surface area contributed by atoms with Crippen molar-refractivity contribution in [1.82, 2.24) is 0 Å². The van der Waals surface area contributed by atoms with E-state index < -0.39 is 0 Å². The summed E-state index contributed by atoms with van der Waals surface area (Å²) >= 11 is 4.14. The molecule has 106 valence electrons. The lowest BCUT2D eigenvalue weighted by molar-refractivity contribution is 0.407. The first kappa shape index (κ1) is 15.1. The topological polar surface area (TPSA) is 35.2 Å². The lowest BCUT2D eigenvalue weighted by Gasteiger charge is -2.34. The molecule has 1 heterocycles. The van der Waals surface area contributed by atoms with E-state index in [0.717, 1.165) is 12.2 Å². The highest BCUT2D eigenvalue weighted by Gasteiger charge is 2.30. The van der Waals surface area contributed by atoms with Crippen LogP contribution in [0.4, 0.5) is 0 Å². The van der Waals surface area contributed by atoms with E-state index in [-0.39, 0.29) is 6.04 Å². The Morgan fingerprint density at radius 2 is 2.05 bits per heavy atom. The summed E-state index contributed by atoms with van der Waals surface area (Å²) in [5, 5.41) is 1.26. The Hall–Kier alpha value is -0.320. The maximum Gasteiger partial charge on any atom is 0.122 e. The molecule has 0 aromatic heterocycles. The number of hydrogen-bond donors (Lipinski definition) is 1. The highest BCUT2D eigenvalue weighted by atomic mass is 32.2. The molecule has 0 amide bonds.